The molecule has 0 unspecified atom stereocenters. The van der Waals surface area contributed by atoms with Crippen LogP contribution in [-0.4, -0.2) is 5.43 Å². The van der Waals surface area contributed by atoms with Crippen LogP contribution < -0.4 is 30.0 Å². The number of hydrogen-bond acceptors (Lipinski definition) is 0. The molecule has 0 amide bonds. The largest absolute Gasteiger partial charge is 1.00 e. The fourth-order valence-electron chi connectivity index (χ4n) is 2.08. The van der Waals surface area contributed by atoms with E-state index in [0.29, 0.717) is 0 Å². The van der Waals surface area contributed by atoms with Crippen LogP contribution in [0.3, 0.4) is 0 Å². The fourth-order valence-corrected chi connectivity index (χ4v) is 4.00. The topological polar surface area (TPSA) is 0 Å². The SMILES string of the molecule is C[Si](=[Zr+2])c1ccccc1.[Cl-].[Cl-].c1cc[cH-]c1.c1ccc2[cH-]ccc2c1. The van der Waals surface area contributed by atoms with Gasteiger partial charge in [0, 0.05) is 0 Å². The summed E-state index contributed by atoms with van der Waals surface area (Å²) in [5, 5.41) is 4.22. The zero-order valence-electron chi connectivity index (χ0n) is 14.1. The van der Waals surface area contributed by atoms with E-state index in [0.717, 1.165) is 0 Å². The maximum absolute atomic E-state index is 2.35. The van der Waals surface area contributed by atoms with Crippen LogP contribution in [0.1, 0.15) is 0 Å². The van der Waals surface area contributed by atoms with E-state index in [1.165, 1.54) is 10.8 Å². The first-order valence-corrected chi connectivity index (χ1v) is 13.3. The van der Waals surface area contributed by atoms with E-state index in [1.807, 2.05) is 30.3 Å². The molecule has 0 aliphatic heterocycles. The van der Waals surface area contributed by atoms with E-state index in [2.05, 4.69) is 79.3 Å². The first-order chi connectivity index (χ1) is 11.3. The summed E-state index contributed by atoms with van der Waals surface area (Å²) in [6.07, 6.45) is 0. The standard InChI is InChI=1S/C9H7.C7H8Si.C5H5.2ClH.Zr/c1-2-5-9-7-3-6-8(9)4-1;1-8-7-5-3-2-4-6-7;1-2-4-5-3-1;;;/h1-7H;2-6H,1H3;1-5H;2*1H;/q-1;;-1;;;+2/p-2. The molecule has 0 fully saturated rings. The maximum Gasteiger partial charge on any atom is -0.0809 e. The molecule has 4 aromatic carbocycles. The van der Waals surface area contributed by atoms with Crippen LogP contribution in [0.15, 0.2) is 103 Å². The Kier molecular flexibility index (Phi) is 13.7. The van der Waals surface area contributed by atoms with Crippen molar-refractivity contribution in [2.24, 2.45) is 0 Å². The second-order valence-electron chi connectivity index (χ2n) is 5.11. The van der Waals surface area contributed by atoms with Gasteiger partial charge in [-0.05, 0) is 0 Å². The van der Waals surface area contributed by atoms with Gasteiger partial charge in [0.1, 0.15) is 0 Å². The smallest absolute Gasteiger partial charge is 0.0809 e. The van der Waals surface area contributed by atoms with Crippen molar-refractivity contribution in [3.05, 3.63) is 103 Å². The number of halogens is 2. The predicted octanol–water partition coefficient (Wildman–Crippen LogP) is -0.966. The van der Waals surface area contributed by atoms with Crippen molar-refractivity contribution < 1.29 is 48.1 Å². The van der Waals surface area contributed by atoms with Crippen molar-refractivity contribution in [3.63, 3.8) is 0 Å². The molecule has 4 heteroatoms. The quantitative estimate of drug-likeness (QED) is 0.252. The Morgan fingerprint density at radius 3 is 1.80 bits per heavy atom. The van der Waals surface area contributed by atoms with Gasteiger partial charge < -0.3 is 24.8 Å². The first-order valence-electron chi connectivity index (χ1n) is 7.65. The zero-order valence-corrected chi connectivity index (χ0v) is 19.0. The molecule has 4 aromatic rings. The van der Waals surface area contributed by atoms with Crippen LogP contribution in [0.25, 0.3) is 10.8 Å². The van der Waals surface area contributed by atoms with Crippen LogP contribution in [0.2, 0.25) is 6.55 Å². The Morgan fingerprint density at radius 2 is 1.32 bits per heavy atom. The van der Waals surface area contributed by atoms with Crippen LogP contribution >= 0.6 is 0 Å². The number of fused-ring (bicyclic) bond motifs is 1. The molecular formula is C21H20Cl2SiZr-2. The van der Waals surface area contributed by atoms with Gasteiger partial charge in [-0.3, -0.25) is 0 Å². The summed E-state index contributed by atoms with van der Waals surface area (Å²) in [5.41, 5.74) is -0.122. The van der Waals surface area contributed by atoms with Crippen molar-refractivity contribution in [2.75, 3.05) is 0 Å². The maximum atomic E-state index is 2.35. The van der Waals surface area contributed by atoms with Gasteiger partial charge in [0.05, 0.1) is 0 Å². The van der Waals surface area contributed by atoms with Crippen molar-refractivity contribution in [1.29, 1.82) is 0 Å². The van der Waals surface area contributed by atoms with Crippen molar-refractivity contribution in [2.45, 2.75) is 6.55 Å². The van der Waals surface area contributed by atoms with Gasteiger partial charge in [-0.2, -0.15) is 35.7 Å². The third kappa shape index (κ3) is 9.37. The van der Waals surface area contributed by atoms with Gasteiger partial charge in [-0.1, -0.05) is 6.07 Å². The molecular weight excluding hydrogens is 442 g/mol. The Labute approximate surface area is 178 Å². The molecule has 4 rings (SSSR count). The third-order valence-corrected chi connectivity index (χ3v) is 6.64. The minimum Gasteiger partial charge on any atom is -1.00 e. The van der Waals surface area contributed by atoms with Gasteiger partial charge in [0.15, 0.2) is 0 Å². The number of benzene rings is 2. The summed E-state index contributed by atoms with van der Waals surface area (Å²) in [6.45, 7) is 2.35. The third-order valence-electron chi connectivity index (χ3n) is 3.31. The first kappa shape index (κ1) is 24.1. The monoisotopic (exact) mass is 460 g/mol. The summed E-state index contributed by atoms with van der Waals surface area (Å²) in [5.74, 6) is 0. The van der Waals surface area contributed by atoms with Gasteiger partial charge in [0.25, 0.3) is 0 Å². The van der Waals surface area contributed by atoms with Gasteiger partial charge in [-0.15, -0.1) is 29.7 Å². The second-order valence-corrected chi connectivity index (χ2v) is 12.5. The zero-order chi connectivity index (χ0) is 16.3. The molecule has 0 aromatic heterocycles. The molecule has 128 valence electrons. The Hall–Kier alpha value is -0.920. The molecule has 0 spiro atoms. The molecule has 0 nitrogen and oxygen atoms in total. The van der Waals surface area contributed by atoms with Crippen molar-refractivity contribution in [1.82, 2.24) is 0 Å². The normalized spacial score (nSPS) is 8.60. The molecule has 0 aliphatic rings. The van der Waals surface area contributed by atoms with E-state index in [-0.39, 0.29) is 30.2 Å². The minimum atomic E-state index is -0.122. The summed E-state index contributed by atoms with van der Waals surface area (Å²) < 4.78 is 0. The van der Waals surface area contributed by atoms with Gasteiger partial charge in [0.2, 0.25) is 0 Å². The summed E-state index contributed by atoms with van der Waals surface area (Å²) in [4.78, 5) is 0. The van der Waals surface area contributed by atoms with Crippen molar-refractivity contribution in [3.8, 4) is 0 Å². The van der Waals surface area contributed by atoms with E-state index >= 15 is 0 Å². The average Bonchev–Trinajstić information content (AvgIpc) is 3.30. The van der Waals surface area contributed by atoms with Crippen molar-refractivity contribution >= 4 is 21.4 Å². The van der Waals surface area contributed by atoms with E-state index in [9.17, 15) is 0 Å². The molecule has 0 atom stereocenters. The number of hydrogen-bond donors (Lipinski definition) is 0. The van der Waals surface area contributed by atoms with Crippen LogP contribution in [0.5, 0.6) is 0 Å². The van der Waals surface area contributed by atoms with Crippen LogP contribution in [0, 0.1) is 0 Å². The minimum absolute atomic E-state index is 0. The van der Waals surface area contributed by atoms with Gasteiger partial charge >= 0.3 is 70.8 Å². The van der Waals surface area contributed by atoms with E-state index in [1.54, 1.807) is 28.5 Å². The molecule has 25 heavy (non-hydrogen) atoms. The van der Waals surface area contributed by atoms with E-state index in [4.69, 9.17) is 0 Å². The predicted molar refractivity (Wildman–Crippen MR) is 99.3 cm³/mol. The average molecular weight is 463 g/mol. The Balaban J connectivity index is 0.000000345. The number of rotatable bonds is 1. The molecule has 0 saturated heterocycles. The molecule has 0 bridgehead atoms. The van der Waals surface area contributed by atoms with E-state index < -0.39 is 0 Å². The fraction of sp³-hybridized carbons (Fsp3) is 0.0476. The summed E-state index contributed by atoms with van der Waals surface area (Å²) in [6, 6.07) is 35.4. The van der Waals surface area contributed by atoms with Crippen LogP contribution in [-0.2, 0) is 23.3 Å². The van der Waals surface area contributed by atoms with Crippen LogP contribution in [0.4, 0.5) is 0 Å². The Bertz CT molecular complexity index is 761. The summed E-state index contributed by atoms with van der Waals surface area (Å²) >= 11 is 1.69. The molecule has 0 heterocycles. The van der Waals surface area contributed by atoms with Gasteiger partial charge in [-0.25, -0.2) is 12.1 Å². The molecule has 0 saturated carbocycles. The summed E-state index contributed by atoms with van der Waals surface area (Å²) in [7, 11) is 0. The molecule has 0 N–H and O–H groups in total. The second kappa shape index (κ2) is 14.3. The molecule has 0 aliphatic carbocycles. The Morgan fingerprint density at radius 1 is 0.720 bits per heavy atom. The molecule has 0 radical (unpaired) electrons.